The molecule has 1 aliphatic heterocycles. The maximum Gasteiger partial charge on any atom is 0.174 e. The van der Waals surface area contributed by atoms with Crippen LogP contribution in [0.3, 0.4) is 0 Å². The minimum atomic E-state index is 0.0981. The highest BCUT2D eigenvalue weighted by molar-refractivity contribution is 6.02. The Morgan fingerprint density at radius 2 is 2.00 bits per heavy atom. The van der Waals surface area contributed by atoms with Crippen molar-refractivity contribution in [1.82, 2.24) is 10.2 Å². The molecule has 2 atom stereocenters. The number of hydrogen-bond acceptors (Lipinski definition) is 5. The summed E-state index contributed by atoms with van der Waals surface area (Å²) in [5.74, 6) is 1.43. The number of aromatic nitrogens is 2. The van der Waals surface area contributed by atoms with Gasteiger partial charge in [-0.1, -0.05) is 12.1 Å². The molecule has 1 aromatic heterocycles. The van der Waals surface area contributed by atoms with Gasteiger partial charge in [-0.15, -0.1) is 5.10 Å². The lowest BCUT2D eigenvalue weighted by molar-refractivity contribution is 0.318. The fraction of sp³-hybridized carbons (Fsp3) is 0.643. The molecule has 3 N–H and O–H groups in total. The summed E-state index contributed by atoms with van der Waals surface area (Å²) in [7, 11) is 0. The Kier molecular flexibility index (Phi) is 4.11. The molecule has 0 amide bonds. The van der Waals surface area contributed by atoms with E-state index in [2.05, 4.69) is 34.1 Å². The van der Waals surface area contributed by atoms with Crippen molar-refractivity contribution in [3.63, 3.8) is 0 Å². The van der Waals surface area contributed by atoms with Crippen LogP contribution in [0, 0.1) is 19.8 Å². The summed E-state index contributed by atoms with van der Waals surface area (Å²) in [6.45, 7) is 9.14. The molecule has 2 unspecified atom stereocenters. The van der Waals surface area contributed by atoms with Crippen LogP contribution in [-0.2, 0) is 0 Å². The predicted molar refractivity (Wildman–Crippen MR) is 79.2 cm³/mol. The smallest absolute Gasteiger partial charge is 0.174 e. The van der Waals surface area contributed by atoms with E-state index in [9.17, 15) is 0 Å². The summed E-state index contributed by atoms with van der Waals surface area (Å²) in [5, 5.41) is 20.7. The summed E-state index contributed by atoms with van der Waals surface area (Å²) in [6, 6.07) is 0.382. The zero-order valence-electron chi connectivity index (χ0n) is 12.6. The van der Waals surface area contributed by atoms with Crippen molar-refractivity contribution in [3.8, 4) is 0 Å². The van der Waals surface area contributed by atoms with E-state index in [1.165, 1.54) is 6.42 Å². The van der Waals surface area contributed by atoms with Gasteiger partial charge in [0, 0.05) is 12.6 Å². The molecule has 2 heterocycles. The van der Waals surface area contributed by atoms with Crippen molar-refractivity contribution in [2.24, 2.45) is 16.8 Å². The molecule has 1 aliphatic rings. The molecule has 0 radical (unpaired) electrons. The van der Waals surface area contributed by atoms with Gasteiger partial charge < -0.3 is 15.8 Å². The van der Waals surface area contributed by atoms with E-state index in [4.69, 9.17) is 10.9 Å². The van der Waals surface area contributed by atoms with Crippen LogP contribution < -0.4 is 10.6 Å². The number of nitrogens with zero attached hydrogens (tertiary/aromatic N) is 4. The molecular weight excluding hydrogens is 254 g/mol. The van der Waals surface area contributed by atoms with Gasteiger partial charge in [-0.3, -0.25) is 0 Å². The molecule has 6 nitrogen and oxygen atoms in total. The van der Waals surface area contributed by atoms with Gasteiger partial charge in [0.15, 0.2) is 11.7 Å². The number of amidine groups is 1. The van der Waals surface area contributed by atoms with Crippen molar-refractivity contribution >= 4 is 11.7 Å². The Bertz CT molecular complexity index is 529. The number of nitrogens with two attached hydrogens (primary N) is 1. The quantitative estimate of drug-likeness (QED) is 0.372. The molecule has 1 fully saturated rings. The van der Waals surface area contributed by atoms with Crippen LogP contribution in [0.15, 0.2) is 5.16 Å². The van der Waals surface area contributed by atoms with E-state index in [1.54, 1.807) is 0 Å². The van der Waals surface area contributed by atoms with Crippen molar-refractivity contribution in [2.75, 3.05) is 11.4 Å². The third-order valence-electron chi connectivity index (χ3n) is 4.19. The van der Waals surface area contributed by atoms with Crippen molar-refractivity contribution in [1.29, 1.82) is 0 Å². The molecule has 2 rings (SSSR count). The third-order valence-corrected chi connectivity index (χ3v) is 4.19. The molecule has 20 heavy (non-hydrogen) atoms. The van der Waals surface area contributed by atoms with E-state index in [0.717, 1.165) is 30.0 Å². The van der Waals surface area contributed by atoms with Crippen molar-refractivity contribution < 1.29 is 5.21 Å². The SMILES string of the molecule is Cc1nnc(N2CC(C)CCC2C)c(C(N)=NO)c1C. The van der Waals surface area contributed by atoms with Crippen molar-refractivity contribution in [2.45, 2.75) is 46.6 Å². The molecular formula is C14H23N5O. The highest BCUT2D eigenvalue weighted by atomic mass is 16.4. The van der Waals surface area contributed by atoms with Gasteiger partial charge in [0.1, 0.15) is 0 Å². The normalized spacial score (nSPS) is 24.0. The molecule has 0 spiro atoms. The van der Waals surface area contributed by atoms with Gasteiger partial charge in [0.05, 0.1) is 11.3 Å². The maximum atomic E-state index is 9.04. The summed E-state index contributed by atoms with van der Waals surface area (Å²) in [6.07, 6.45) is 2.33. The molecule has 0 saturated carbocycles. The highest BCUT2D eigenvalue weighted by Gasteiger charge is 2.28. The third kappa shape index (κ3) is 2.55. The number of rotatable bonds is 2. The zero-order valence-corrected chi connectivity index (χ0v) is 12.6. The molecule has 0 aromatic carbocycles. The fourth-order valence-electron chi connectivity index (χ4n) is 2.74. The van der Waals surface area contributed by atoms with E-state index in [1.807, 2.05) is 13.8 Å². The number of aryl methyl sites for hydroxylation is 1. The van der Waals surface area contributed by atoms with E-state index in [0.29, 0.717) is 17.5 Å². The Morgan fingerprint density at radius 1 is 1.30 bits per heavy atom. The van der Waals surface area contributed by atoms with Gasteiger partial charge in [0.2, 0.25) is 0 Å². The zero-order chi connectivity index (χ0) is 14.9. The lowest BCUT2D eigenvalue weighted by atomic mass is 9.94. The number of hydrogen-bond donors (Lipinski definition) is 2. The summed E-state index contributed by atoms with van der Waals surface area (Å²) in [4.78, 5) is 2.22. The first-order chi connectivity index (χ1) is 9.45. The van der Waals surface area contributed by atoms with Gasteiger partial charge in [-0.05, 0) is 45.1 Å². The van der Waals surface area contributed by atoms with Crippen LogP contribution in [0.1, 0.15) is 43.5 Å². The molecule has 6 heteroatoms. The Morgan fingerprint density at radius 3 is 2.65 bits per heavy atom. The molecule has 0 aliphatic carbocycles. The lowest BCUT2D eigenvalue weighted by Gasteiger charge is -2.38. The summed E-state index contributed by atoms with van der Waals surface area (Å²) < 4.78 is 0. The average Bonchev–Trinajstić information content (AvgIpc) is 2.43. The second kappa shape index (κ2) is 5.64. The standard InChI is InChI=1S/C14H23N5O/c1-8-5-6-9(2)19(7-8)14-12(13(15)18-20)10(3)11(4)16-17-14/h8-9,20H,5-7H2,1-4H3,(H2,15,18). The van der Waals surface area contributed by atoms with Gasteiger partial charge in [0.25, 0.3) is 0 Å². The Hall–Kier alpha value is -1.85. The Balaban J connectivity index is 2.53. The first-order valence-electron chi connectivity index (χ1n) is 7.04. The number of piperidine rings is 1. The summed E-state index contributed by atoms with van der Waals surface area (Å²) >= 11 is 0. The monoisotopic (exact) mass is 277 g/mol. The topological polar surface area (TPSA) is 87.6 Å². The fourth-order valence-corrected chi connectivity index (χ4v) is 2.74. The molecule has 1 aromatic rings. The van der Waals surface area contributed by atoms with Crippen LogP contribution in [0.25, 0.3) is 0 Å². The number of oxime groups is 1. The second-order valence-corrected chi connectivity index (χ2v) is 5.78. The minimum Gasteiger partial charge on any atom is -0.409 e. The van der Waals surface area contributed by atoms with Gasteiger partial charge >= 0.3 is 0 Å². The van der Waals surface area contributed by atoms with E-state index >= 15 is 0 Å². The van der Waals surface area contributed by atoms with Crippen LogP contribution in [0.4, 0.5) is 5.82 Å². The molecule has 1 saturated heterocycles. The minimum absolute atomic E-state index is 0.0981. The second-order valence-electron chi connectivity index (χ2n) is 5.78. The van der Waals surface area contributed by atoms with Crippen LogP contribution >= 0.6 is 0 Å². The molecule has 110 valence electrons. The van der Waals surface area contributed by atoms with Crippen LogP contribution in [0.2, 0.25) is 0 Å². The van der Waals surface area contributed by atoms with Crippen molar-refractivity contribution in [3.05, 3.63) is 16.8 Å². The summed E-state index contributed by atoms with van der Waals surface area (Å²) in [5.41, 5.74) is 8.26. The van der Waals surface area contributed by atoms with E-state index in [-0.39, 0.29) is 5.84 Å². The van der Waals surface area contributed by atoms with Gasteiger partial charge in [-0.25, -0.2) is 0 Å². The molecule has 0 bridgehead atoms. The lowest BCUT2D eigenvalue weighted by Crippen LogP contribution is -2.43. The largest absolute Gasteiger partial charge is 0.409 e. The first kappa shape index (κ1) is 14.6. The van der Waals surface area contributed by atoms with Crippen LogP contribution in [-0.4, -0.2) is 33.8 Å². The predicted octanol–water partition coefficient (Wildman–Crippen LogP) is 1.81. The van der Waals surface area contributed by atoms with E-state index < -0.39 is 0 Å². The average molecular weight is 277 g/mol. The number of anilines is 1. The highest BCUT2D eigenvalue weighted by Crippen LogP contribution is 2.30. The van der Waals surface area contributed by atoms with Crippen LogP contribution in [0.5, 0.6) is 0 Å². The maximum absolute atomic E-state index is 9.04. The van der Waals surface area contributed by atoms with Gasteiger partial charge in [-0.2, -0.15) is 5.10 Å². The first-order valence-corrected chi connectivity index (χ1v) is 7.04. The Labute approximate surface area is 119 Å².